The van der Waals surface area contributed by atoms with E-state index in [4.69, 9.17) is 9.47 Å². The number of benzene rings is 3. The molecule has 6 nitrogen and oxygen atoms in total. The maximum absolute atomic E-state index is 12.9. The molecule has 0 unspecified atom stereocenters. The Labute approximate surface area is 194 Å². The topological polar surface area (TPSA) is 67.9 Å². The summed E-state index contributed by atoms with van der Waals surface area (Å²) in [5.41, 5.74) is 3.30. The first kappa shape index (κ1) is 22.4. The fourth-order valence-corrected chi connectivity index (χ4v) is 4.11. The molecular formula is C27H28N2O4. The van der Waals surface area contributed by atoms with Crippen molar-refractivity contribution in [1.82, 2.24) is 10.2 Å². The van der Waals surface area contributed by atoms with Crippen molar-refractivity contribution >= 4 is 11.8 Å². The third kappa shape index (κ3) is 5.52. The number of carbonyl (C=O) groups is 2. The molecule has 0 radical (unpaired) electrons. The minimum Gasteiger partial charge on any atom is -0.493 e. The second-order valence-corrected chi connectivity index (χ2v) is 7.99. The third-order valence-corrected chi connectivity index (χ3v) is 5.83. The van der Waals surface area contributed by atoms with E-state index in [1.807, 2.05) is 42.5 Å². The van der Waals surface area contributed by atoms with Crippen LogP contribution in [0.3, 0.4) is 0 Å². The van der Waals surface area contributed by atoms with Crippen molar-refractivity contribution in [3.63, 3.8) is 0 Å². The summed E-state index contributed by atoms with van der Waals surface area (Å²) in [6.07, 6.45) is 0.550. The molecule has 4 rings (SSSR count). The Morgan fingerprint density at radius 2 is 1.67 bits per heavy atom. The summed E-state index contributed by atoms with van der Waals surface area (Å²) in [7, 11) is 1.56. The lowest BCUT2D eigenvalue weighted by Crippen LogP contribution is -2.39. The van der Waals surface area contributed by atoms with Gasteiger partial charge in [0.2, 0.25) is 5.91 Å². The Bertz CT molecular complexity index is 1100. The number of carbonyl (C=O) groups excluding carboxylic acids is 2. The smallest absolute Gasteiger partial charge is 0.260 e. The minimum absolute atomic E-state index is 0.0289. The van der Waals surface area contributed by atoms with Crippen LogP contribution in [0.4, 0.5) is 0 Å². The van der Waals surface area contributed by atoms with E-state index < -0.39 is 0 Å². The van der Waals surface area contributed by atoms with Crippen molar-refractivity contribution in [2.75, 3.05) is 33.4 Å². The van der Waals surface area contributed by atoms with Gasteiger partial charge in [-0.3, -0.25) is 9.59 Å². The molecule has 3 aromatic carbocycles. The summed E-state index contributed by atoms with van der Waals surface area (Å²) in [4.78, 5) is 27.4. The van der Waals surface area contributed by atoms with Crippen LogP contribution in [0.25, 0.3) is 11.1 Å². The number of hydrogen-bond donors (Lipinski definition) is 1. The monoisotopic (exact) mass is 444 g/mol. The van der Waals surface area contributed by atoms with Crippen LogP contribution in [0.15, 0.2) is 78.9 Å². The molecule has 0 aliphatic carbocycles. The molecule has 1 atom stereocenters. The number of nitrogens with one attached hydrogen (secondary N) is 1. The zero-order valence-electron chi connectivity index (χ0n) is 18.7. The average Bonchev–Trinajstić information content (AvgIpc) is 3.05. The van der Waals surface area contributed by atoms with Gasteiger partial charge in [-0.25, -0.2) is 0 Å². The van der Waals surface area contributed by atoms with Gasteiger partial charge in [0.1, 0.15) is 0 Å². The molecule has 1 fully saturated rings. The number of para-hydroxylation sites is 2. The Morgan fingerprint density at radius 3 is 2.45 bits per heavy atom. The van der Waals surface area contributed by atoms with Gasteiger partial charge in [0.15, 0.2) is 18.1 Å². The number of hydrogen-bond acceptors (Lipinski definition) is 4. The van der Waals surface area contributed by atoms with Gasteiger partial charge in [0, 0.05) is 19.6 Å². The summed E-state index contributed by atoms with van der Waals surface area (Å²) in [6, 6.07) is 25.5. The molecule has 33 heavy (non-hydrogen) atoms. The zero-order valence-corrected chi connectivity index (χ0v) is 18.7. The SMILES string of the molecule is COc1ccccc1OCC(=O)N1CCNC(=O)[C@H](Cc2ccccc2-c2ccccc2)C1. The van der Waals surface area contributed by atoms with Gasteiger partial charge in [-0.15, -0.1) is 0 Å². The molecule has 1 saturated heterocycles. The Morgan fingerprint density at radius 1 is 0.970 bits per heavy atom. The first-order valence-corrected chi connectivity index (χ1v) is 11.1. The molecule has 1 heterocycles. The minimum atomic E-state index is -0.340. The van der Waals surface area contributed by atoms with Crippen LogP contribution in [0, 0.1) is 5.92 Å². The van der Waals surface area contributed by atoms with Crippen LogP contribution in [0.5, 0.6) is 11.5 Å². The third-order valence-electron chi connectivity index (χ3n) is 5.83. The van der Waals surface area contributed by atoms with E-state index in [9.17, 15) is 9.59 Å². The largest absolute Gasteiger partial charge is 0.493 e. The normalized spacial score (nSPS) is 16.0. The number of methoxy groups -OCH3 is 1. The Hall–Kier alpha value is -3.80. The zero-order chi connectivity index (χ0) is 23.0. The van der Waals surface area contributed by atoms with Gasteiger partial charge < -0.3 is 19.7 Å². The van der Waals surface area contributed by atoms with Gasteiger partial charge in [-0.1, -0.05) is 66.7 Å². The maximum Gasteiger partial charge on any atom is 0.260 e. The van der Waals surface area contributed by atoms with E-state index >= 15 is 0 Å². The Balaban J connectivity index is 1.46. The van der Waals surface area contributed by atoms with E-state index in [-0.39, 0.29) is 24.3 Å². The van der Waals surface area contributed by atoms with E-state index in [1.165, 1.54) is 0 Å². The van der Waals surface area contributed by atoms with Crippen LogP contribution in [0.2, 0.25) is 0 Å². The van der Waals surface area contributed by atoms with Crippen molar-refractivity contribution in [1.29, 1.82) is 0 Å². The molecule has 0 saturated carbocycles. The van der Waals surface area contributed by atoms with Gasteiger partial charge >= 0.3 is 0 Å². The van der Waals surface area contributed by atoms with Crippen molar-refractivity contribution in [3.8, 4) is 22.6 Å². The molecule has 0 bridgehead atoms. The molecule has 6 heteroatoms. The van der Waals surface area contributed by atoms with Gasteiger partial charge in [0.05, 0.1) is 13.0 Å². The second kappa shape index (κ2) is 10.7. The van der Waals surface area contributed by atoms with Gasteiger partial charge in [0.25, 0.3) is 5.91 Å². The van der Waals surface area contributed by atoms with E-state index in [1.54, 1.807) is 24.1 Å². The molecule has 3 aromatic rings. The standard InChI is InChI=1S/C27H28N2O4/c1-32-24-13-7-8-14-25(24)33-19-26(30)29-16-15-28-27(31)22(18-29)17-21-11-5-6-12-23(21)20-9-3-2-4-10-20/h2-14,22H,15-19H2,1H3,(H,28,31)/t22-/m1/s1. The van der Waals surface area contributed by atoms with E-state index in [0.717, 1.165) is 16.7 Å². The van der Waals surface area contributed by atoms with E-state index in [2.05, 4.69) is 29.6 Å². The fraction of sp³-hybridized carbons (Fsp3) is 0.259. The van der Waals surface area contributed by atoms with E-state index in [0.29, 0.717) is 37.6 Å². The second-order valence-electron chi connectivity index (χ2n) is 7.99. The quantitative estimate of drug-likeness (QED) is 0.605. The van der Waals surface area contributed by atoms with Crippen LogP contribution in [-0.2, 0) is 16.0 Å². The van der Waals surface area contributed by atoms with Crippen molar-refractivity contribution < 1.29 is 19.1 Å². The molecule has 0 spiro atoms. The Kier molecular flexibility index (Phi) is 7.25. The van der Waals surface area contributed by atoms with Crippen LogP contribution < -0.4 is 14.8 Å². The van der Waals surface area contributed by atoms with Crippen LogP contribution in [0.1, 0.15) is 5.56 Å². The summed E-state index contributed by atoms with van der Waals surface area (Å²) in [5.74, 6) is 0.573. The lowest BCUT2D eigenvalue weighted by Gasteiger charge is -2.24. The first-order chi connectivity index (χ1) is 16.2. The number of rotatable bonds is 7. The number of amides is 2. The summed E-state index contributed by atoms with van der Waals surface area (Å²) in [5, 5.41) is 2.96. The van der Waals surface area contributed by atoms with Crippen molar-refractivity contribution in [2.24, 2.45) is 5.92 Å². The first-order valence-electron chi connectivity index (χ1n) is 11.1. The van der Waals surface area contributed by atoms with Gasteiger partial charge in [-0.2, -0.15) is 0 Å². The molecular weight excluding hydrogens is 416 g/mol. The van der Waals surface area contributed by atoms with Crippen LogP contribution in [-0.4, -0.2) is 50.1 Å². The predicted octanol–water partition coefficient (Wildman–Crippen LogP) is 3.56. The summed E-state index contributed by atoms with van der Waals surface area (Å²) >= 11 is 0. The lowest BCUT2D eigenvalue weighted by molar-refractivity contribution is -0.134. The molecule has 1 aliphatic rings. The highest BCUT2D eigenvalue weighted by atomic mass is 16.5. The highest BCUT2D eigenvalue weighted by molar-refractivity contribution is 5.83. The fourth-order valence-electron chi connectivity index (χ4n) is 4.11. The number of nitrogens with zero attached hydrogens (tertiary/aromatic N) is 1. The van der Waals surface area contributed by atoms with Crippen LogP contribution >= 0.6 is 0 Å². The lowest BCUT2D eigenvalue weighted by atomic mass is 9.91. The van der Waals surface area contributed by atoms with Gasteiger partial charge in [-0.05, 0) is 35.2 Å². The highest BCUT2D eigenvalue weighted by Crippen LogP contribution is 2.27. The molecule has 0 aromatic heterocycles. The van der Waals surface area contributed by atoms with Crippen molar-refractivity contribution in [2.45, 2.75) is 6.42 Å². The van der Waals surface area contributed by atoms with Crippen molar-refractivity contribution in [3.05, 3.63) is 84.4 Å². The average molecular weight is 445 g/mol. The molecule has 1 aliphatic heterocycles. The molecule has 1 N–H and O–H groups in total. The summed E-state index contributed by atoms with van der Waals surface area (Å²) < 4.78 is 11.0. The molecule has 2 amide bonds. The maximum atomic E-state index is 12.9. The highest BCUT2D eigenvalue weighted by Gasteiger charge is 2.28. The predicted molar refractivity (Wildman–Crippen MR) is 127 cm³/mol. The molecule has 170 valence electrons. The summed E-state index contributed by atoms with van der Waals surface area (Å²) in [6.45, 7) is 1.12. The number of ether oxygens (including phenoxy) is 2.